The van der Waals surface area contributed by atoms with Crippen molar-refractivity contribution in [3.63, 3.8) is 0 Å². The number of rotatable bonds is 9. The molecule has 2 aromatic carbocycles. The number of hydrogen-bond acceptors (Lipinski definition) is 6. The lowest BCUT2D eigenvalue weighted by atomic mass is 10.0. The number of aliphatic hydroxyl groups excluding tert-OH is 1. The van der Waals surface area contributed by atoms with Gasteiger partial charge in [0, 0.05) is 6.54 Å². The van der Waals surface area contributed by atoms with Crippen molar-refractivity contribution in [3.8, 4) is 0 Å². The van der Waals surface area contributed by atoms with Crippen LogP contribution in [0.3, 0.4) is 0 Å². The van der Waals surface area contributed by atoms with Gasteiger partial charge >= 0.3 is 12.1 Å². The highest BCUT2D eigenvalue weighted by Crippen LogP contribution is 2.22. The highest BCUT2D eigenvalue weighted by molar-refractivity contribution is 5.76. The summed E-state index contributed by atoms with van der Waals surface area (Å²) in [6.07, 6.45) is 0.0765. The van der Waals surface area contributed by atoms with E-state index in [1.807, 2.05) is 56.0 Å². The molecule has 1 fully saturated rings. The van der Waals surface area contributed by atoms with Gasteiger partial charge in [-0.2, -0.15) is 0 Å². The number of benzene rings is 2. The standard InChI is InChI=1S/C27H35FN2O5/c1-27(2,3)35-25(32)23-10-7-15-30(23)17-24(31)22(16-19-11-13-21(28)14-12-19)29-26(33)34-18-20-8-5-4-6-9-20/h4-6,8-9,11-14,22-24,31H,7,10,15-18H2,1-3H3,(H,29,33)/t22-,23-,24+/m0/s1. The van der Waals surface area contributed by atoms with E-state index in [1.165, 1.54) is 12.1 Å². The minimum atomic E-state index is -0.993. The fourth-order valence-electron chi connectivity index (χ4n) is 4.12. The van der Waals surface area contributed by atoms with E-state index < -0.39 is 29.9 Å². The summed E-state index contributed by atoms with van der Waals surface area (Å²) in [5.41, 5.74) is 0.999. The van der Waals surface area contributed by atoms with Crippen molar-refractivity contribution >= 4 is 12.1 Å². The topological polar surface area (TPSA) is 88.1 Å². The van der Waals surface area contributed by atoms with Crippen molar-refractivity contribution in [1.82, 2.24) is 10.2 Å². The lowest BCUT2D eigenvalue weighted by molar-refractivity contribution is -0.160. The Balaban J connectivity index is 1.66. The lowest BCUT2D eigenvalue weighted by Gasteiger charge is -2.31. The molecule has 1 saturated heterocycles. The van der Waals surface area contributed by atoms with Crippen LogP contribution in [0.2, 0.25) is 0 Å². The number of aliphatic hydroxyl groups is 1. The average Bonchev–Trinajstić information content (AvgIpc) is 3.26. The zero-order valence-corrected chi connectivity index (χ0v) is 20.6. The Hall–Kier alpha value is -2.97. The van der Waals surface area contributed by atoms with E-state index in [4.69, 9.17) is 9.47 Å². The van der Waals surface area contributed by atoms with Gasteiger partial charge in [-0.3, -0.25) is 9.69 Å². The largest absolute Gasteiger partial charge is 0.459 e. The highest BCUT2D eigenvalue weighted by atomic mass is 19.1. The number of esters is 1. The van der Waals surface area contributed by atoms with Gasteiger partial charge in [0.05, 0.1) is 12.1 Å². The molecular formula is C27H35FN2O5. The van der Waals surface area contributed by atoms with Crippen LogP contribution in [0.25, 0.3) is 0 Å². The normalized spacial score (nSPS) is 18.0. The highest BCUT2D eigenvalue weighted by Gasteiger charge is 2.36. The van der Waals surface area contributed by atoms with Gasteiger partial charge in [-0.05, 0) is 69.8 Å². The molecule has 35 heavy (non-hydrogen) atoms. The van der Waals surface area contributed by atoms with Crippen molar-refractivity contribution in [2.24, 2.45) is 0 Å². The molecule has 1 aliphatic heterocycles. The lowest BCUT2D eigenvalue weighted by Crippen LogP contribution is -2.51. The van der Waals surface area contributed by atoms with Gasteiger partial charge in [0.15, 0.2) is 0 Å². The molecule has 0 aromatic heterocycles. The summed E-state index contributed by atoms with van der Waals surface area (Å²) in [6, 6.07) is 14.0. The third-order valence-corrected chi connectivity index (χ3v) is 5.81. The van der Waals surface area contributed by atoms with Gasteiger partial charge in [-0.1, -0.05) is 42.5 Å². The van der Waals surface area contributed by atoms with Gasteiger partial charge in [-0.25, -0.2) is 9.18 Å². The molecule has 3 atom stereocenters. The quantitative estimate of drug-likeness (QED) is 0.524. The van der Waals surface area contributed by atoms with E-state index in [-0.39, 0.29) is 31.4 Å². The molecule has 7 nitrogen and oxygen atoms in total. The summed E-state index contributed by atoms with van der Waals surface area (Å²) < 4.78 is 24.3. The second-order valence-electron chi connectivity index (χ2n) is 9.90. The third-order valence-electron chi connectivity index (χ3n) is 5.81. The van der Waals surface area contributed by atoms with Crippen LogP contribution in [0.1, 0.15) is 44.7 Å². The second kappa shape index (κ2) is 12.1. The van der Waals surface area contributed by atoms with Crippen molar-refractivity contribution in [3.05, 3.63) is 71.5 Å². The van der Waals surface area contributed by atoms with E-state index >= 15 is 0 Å². The zero-order valence-electron chi connectivity index (χ0n) is 20.6. The molecule has 3 rings (SSSR count). The van der Waals surface area contributed by atoms with Crippen LogP contribution in [0.15, 0.2) is 54.6 Å². The molecular weight excluding hydrogens is 451 g/mol. The van der Waals surface area contributed by atoms with Crippen molar-refractivity contribution in [1.29, 1.82) is 0 Å². The van der Waals surface area contributed by atoms with Gasteiger partial charge in [0.1, 0.15) is 24.1 Å². The summed E-state index contributed by atoms with van der Waals surface area (Å²) in [5.74, 6) is -0.675. The summed E-state index contributed by atoms with van der Waals surface area (Å²) in [5, 5.41) is 13.9. The number of carbonyl (C=O) groups is 2. The predicted octanol–water partition coefficient (Wildman–Crippen LogP) is 3.83. The Morgan fingerprint density at radius 2 is 1.80 bits per heavy atom. The Kier molecular flexibility index (Phi) is 9.23. The summed E-state index contributed by atoms with van der Waals surface area (Å²) >= 11 is 0. The van der Waals surface area contributed by atoms with Crippen molar-refractivity contribution in [2.45, 2.75) is 70.4 Å². The van der Waals surface area contributed by atoms with Gasteiger partial charge in [0.2, 0.25) is 0 Å². The first-order valence-corrected chi connectivity index (χ1v) is 12.0. The maximum absolute atomic E-state index is 13.4. The van der Waals surface area contributed by atoms with Crippen LogP contribution in [0.4, 0.5) is 9.18 Å². The molecule has 0 spiro atoms. The molecule has 0 saturated carbocycles. The number of ether oxygens (including phenoxy) is 2. The van der Waals surface area contributed by atoms with Crippen LogP contribution in [0, 0.1) is 5.82 Å². The number of likely N-dealkylation sites (tertiary alicyclic amines) is 1. The maximum atomic E-state index is 13.4. The van der Waals surface area contributed by atoms with Crippen LogP contribution in [-0.4, -0.2) is 58.9 Å². The first kappa shape index (κ1) is 26.6. The summed E-state index contributed by atoms with van der Waals surface area (Å²) in [7, 11) is 0. The maximum Gasteiger partial charge on any atom is 0.407 e. The number of nitrogens with one attached hydrogen (secondary N) is 1. The second-order valence-corrected chi connectivity index (χ2v) is 9.90. The number of amides is 1. The van der Waals surface area contributed by atoms with Gasteiger partial charge in [-0.15, -0.1) is 0 Å². The van der Waals surface area contributed by atoms with E-state index in [0.29, 0.717) is 13.0 Å². The molecule has 0 unspecified atom stereocenters. The molecule has 0 aliphatic carbocycles. The van der Waals surface area contributed by atoms with Gasteiger partial charge < -0.3 is 19.9 Å². The Morgan fingerprint density at radius 3 is 2.46 bits per heavy atom. The smallest absolute Gasteiger partial charge is 0.407 e. The van der Waals surface area contributed by atoms with Crippen LogP contribution >= 0.6 is 0 Å². The molecule has 1 aliphatic rings. The molecule has 0 radical (unpaired) electrons. The summed E-state index contributed by atoms with van der Waals surface area (Å²) in [6.45, 7) is 6.38. The molecule has 0 bridgehead atoms. The molecule has 1 amide bonds. The minimum Gasteiger partial charge on any atom is -0.459 e. The Morgan fingerprint density at radius 1 is 1.11 bits per heavy atom. The SMILES string of the molecule is CC(C)(C)OC(=O)[C@@H]1CCCN1C[C@@H](O)[C@H](Cc1ccc(F)cc1)NC(=O)OCc1ccccc1. The first-order chi connectivity index (χ1) is 16.6. The first-order valence-electron chi connectivity index (χ1n) is 12.0. The number of carbonyl (C=O) groups excluding carboxylic acids is 2. The molecule has 2 aromatic rings. The van der Waals surface area contributed by atoms with Crippen LogP contribution in [-0.2, 0) is 27.3 Å². The van der Waals surface area contributed by atoms with E-state index in [1.54, 1.807) is 12.1 Å². The molecule has 190 valence electrons. The van der Waals surface area contributed by atoms with Crippen LogP contribution < -0.4 is 5.32 Å². The predicted molar refractivity (Wildman–Crippen MR) is 130 cm³/mol. The number of halogens is 1. The summed E-state index contributed by atoms with van der Waals surface area (Å²) in [4.78, 5) is 27.1. The Labute approximate surface area is 206 Å². The number of alkyl carbamates (subject to hydrolysis) is 1. The molecule has 2 N–H and O–H groups in total. The number of β-amino-alcohol motifs (C(OH)–C–C–N with tert-alkyl or cyclic N) is 1. The molecule has 8 heteroatoms. The van der Waals surface area contributed by atoms with E-state index in [9.17, 15) is 19.1 Å². The van der Waals surface area contributed by atoms with E-state index in [2.05, 4.69) is 5.32 Å². The van der Waals surface area contributed by atoms with Crippen molar-refractivity contribution in [2.75, 3.05) is 13.1 Å². The van der Waals surface area contributed by atoms with E-state index in [0.717, 1.165) is 17.5 Å². The number of nitrogens with zero attached hydrogens (tertiary/aromatic N) is 1. The molecule has 1 heterocycles. The van der Waals surface area contributed by atoms with Gasteiger partial charge in [0.25, 0.3) is 0 Å². The average molecular weight is 487 g/mol. The fourth-order valence-corrected chi connectivity index (χ4v) is 4.12. The van der Waals surface area contributed by atoms with Crippen LogP contribution in [0.5, 0.6) is 0 Å². The fraction of sp³-hybridized carbons (Fsp3) is 0.481. The van der Waals surface area contributed by atoms with Crippen molar-refractivity contribution < 1.29 is 28.6 Å². The third kappa shape index (κ3) is 8.64. The number of hydrogen-bond donors (Lipinski definition) is 2. The monoisotopic (exact) mass is 486 g/mol. The minimum absolute atomic E-state index is 0.0961. The zero-order chi connectivity index (χ0) is 25.4. The Bertz CT molecular complexity index is 962.